The Morgan fingerprint density at radius 2 is 1.75 bits per heavy atom. The van der Waals surface area contributed by atoms with Crippen molar-refractivity contribution in [2.24, 2.45) is 5.10 Å². The Hall–Kier alpha value is -2.65. The maximum atomic E-state index is 12.0. The van der Waals surface area contributed by atoms with Crippen molar-refractivity contribution in [2.75, 3.05) is 39.4 Å². The van der Waals surface area contributed by atoms with E-state index in [1.165, 1.54) is 9.80 Å². The second kappa shape index (κ2) is 8.27. The lowest BCUT2D eigenvalue weighted by molar-refractivity contribution is -0.147. The van der Waals surface area contributed by atoms with Crippen LogP contribution in [0.2, 0.25) is 0 Å². The Kier molecular flexibility index (Phi) is 6.10. The van der Waals surface area contributed by atoms with Crippen LogP contribution in [0.5, 0.6) is 0 Å². The molecule has 10 nitrogen and oxygen atoms in total. The highest BCUT2D eigenvalue weighted by Gasteiger charge is 2.26. The average Bonchev–Trinajstić information content (AvgIpc) is 2.60. The number of rotatable bonds is 4. The van der Waals surface area contributed by atoms with Crippen molar-refractivity contribution in [3.63, 3.8) is 0 Å². The predicted molar refractivity (Wildman–Crippen MR) is 80.9 cm³/mol. The molecule has 0 aromatic rings. The number of piperazine rings is 1. The Morgan fingerprint density at radius 1 is 1.08 bits per heavy atom. The van der Waals surface area contributed by atoms with Gasteiger partial charge in [0.05, 0.1) is 6.61 Å². The Bertz CT molecular complexity index is 553. The van der Waals surface area contributed by atoms with Gasteiger partial charge in [-0.2, -0.15) is 5.10 Å². The Morgan fingerprint density at radius 3 is 2.33 bits per heavy atom. The van der Waals surface area contributed by atoms with Crippen molar-refractivity contribution in [3.05, 3.63) is 0 Å². The maximum Gasteiger partial charge on any atom is 0.409 e. The molecule has 0 unspecified atom stereocenters. The second-order valence-electron chi connectivity index (χ2n) is 5.24. The second-order valence-corrected chi connectivity index (χ2v) is 5.24. The molecule has 0 aliphatic carbocycles. The predicted octanol–water partition coefficient (Wildman–Crippen LogP) is -0.904. The number of hydrogen-bond acceptors (Lipinski definition) is 7. The van der Waals surface area contributed by atoms with Gasteiger partial charge in [0.25, 0.3) is 5.91 Å². The minimum atomic E-state index is -0.714. The molecule has 3 amide bonds. The van der Waals surface area contributed by atoms with E-state index in [2.05, 4.69) is 10.5 Å². The number of hydrazone groups is 1. The van der Waals surface area contributed by atoms with Gasteiger partial charge in [0.2, 0.25) is 5.91 Å². The maximum absolute atomic E-state index is 12.0. The summed E-state index contributed by atoms with van der Waals surface area (Å²) in [5.74, 6) is -1.32. The van der Waals surface area contributed by atoms with E-state index in [1.807, 2.05) is 0 Å². The summed E-state index contributed by atoms with van der Waals surface area (Å²) in [6.45, 7) is 3.09. The van der Waals surface area contributed by atoms with Gasteiger partial charge in [0.15, 0.2) is 6.61 Å². The van der Waals surface area contributed by atoms with Crippen molar-refractivity contribution in [2.45, 2.75) is 19.8 Å². The number of ether oxygens (including phenoxy) is 2. The van der Waals surface area contributed by atoms with Gasteiger partial charge in [0, 0.05) is 39.0 Å². The van der Waals surface area contributed by atoms with Crippen LogP contribution in [0.25, 0.3) is 0 Å². The van der Waals surface area contributed by atoms with Crippen LogP contribution >= 0.6 is 0 Å². The van der Waals surface area contributed by atoms with E-state index in [-0.39, 0.29) is 30.4 Å². The zero-order valence-corrected chi connectivity index (χ0v) is 13.4. The van der Waals surface area contributed by atoms with Crippen LogP contribution in [0.3, 0.4) is 0 Å². The molecule has 0 aromatic carbocycles. The number of nitrogens with zero attached hydrogens (tertiary/aromatic N) is 3. The summed E-state index contributed by atoms with van der Waals surface area (Å²) >= 11 is 0. The van der Waals surface area contributed by atoms with E-state index in [1.54, 1.807) is 6.92 Å². The summed E-state index contributed by atoms with van der Waals surface area (Å²) in [6.07, 6.45) is -0.0391. The van der Waals surface area contributed by atoms with Crippen LogP contribution in [0.15, 0.2) is 5.10 Å². The van der Waals surface area contributed by atoms with Gasteiger partial charge < -0.3 is 19.3 Å². The molecule has 0 spiro atoms. The lowest BCUT2D eigenvalue weighted by atomic mass is 10.2. The van der Waals surface area contributed by atoms with E-state index in [0.717, 1.165) is 0 Å². The molecule has 132 valence electrons. The molecule has 2 heterocycles. The number of carbonyl (C=O) groups excluding carboxylic acids is 4. The fraction of sp³-hybridized carbons (Fsp3) is 0.643. The van der Waals surface area contributed by atoms with Gasteiger partial charge in [-0.1, -0.05) is 0 Å². The van der Waals surface area contributed by atoms with Gasteiger partial charge in [-0.15, -0.1) is 0 Å². The molecule has 24 heavy (non-hydrogen) atoms. The lowest BCUT2D eigenvalue weighted by Crippen LogP contribution is -2.51. The molecule has 1 N–H and O–H groups in total. The first-order valence-corrected chi connectivity index (χ1v) is 7.73. The number of hydrogen-bond donors (Lipinski definition) is 1. The molecular weight excluding hydrogens is 320 g/mol. The third-order valence-corrected chi connectivity index (χ3v) is 3.63. The fourth-order valence-corrected chi connectivity index (χ4v) is 2.28. The topological polar surface area (TPSA) is 118 Å². The van der Waals surface area contributed by atoms with Gasteiger partial charge in [-0.25, -0.2) is 15.0 Å². The van der Waals surface area contributed by atoms with Crippen LogP contribution in [0.1, 0.15) is 19.8 Å². The summed E-state index contributed by atoms with van der Waals surface area (Å²) in [4.78, 5) is 49.4. The quantitative estimate of drug-likeness (QED) is 0.663. The van der Waals surface area contributed by atoms with Crippen molar-refractivity contribution < 1.29 is 28.7 Å². The summed E-state index contributed by atoms with van der Waals surface area (Å²) in [5.41, 5.74) is 2.29. The third-order valence-electron chi connectivity index (χ3n) is 3.63. The average molecular weight is 340 g/mol. The van der Waals surface area contributed by atoms with E-state index in [0.29, 0.717) is 32.8 Å². The van der Waals surface area contributed by atoms with E-state index in [4.69, 9.17) is 9.47 Å². The molecule has 0 radical (unpaired) electrons. The van der Waals surface area contributed by atoms with Gasteiger partial charge in [-0.3, -0.25) is 9.59 Å². The van der Waals surface area contributed by atoms with E-state index >= 15 is 0 Å². The van der Waals surface area contributed by atoms with Crippen LogP contribution in [0, 0.1) is 0 Å². The molecule has 1 saturated heterocycles. The molecule has 2 rings (SSSR count). The summed E-state index contributed by atoms with van der Waals surface area (Å²) in [5, 5.41) is 3.61. The zero-order chi connectivity index (χ0) is 17.5. The van der Waals surface area contributed by atoms with E-state index < -0.39 is 18.7 Å². The molecule has 10 heteroatoms. The van der Waals surface area contributed by atoms with Crippen LogP contribution < -0.4 is 5.43 Å². The lowest BCUT2D eigenvalue weighted by Gasteiger charge is -2.33. The van der Waals surface area contributed by atoms with Crippen molar-refractivity contribution >= 4 is 29.6 Å². The van der Waals surface area contributed by atoms with Gasteiger partial charge >= 0.3 is 12.1 Å². The molecule has 2 aliphatic rings. The molecule has 2 aliphatic heterocycles. The molecule has 0 atom stereocenters. The van der Waals surface area contributed by atoms with Crippen molar-refractivity contribution in [3.8, 4) is 0 Å². The highest BCUT2D eigenvalue weighted by molar-refractivity contribution is 6.37. The SMILES string of the molecule is CCOC(=O)N1CCN(C(=O)COC(=O)C2=NNC(=O)CC2)CC1. The number of carbonyl (C=O) groups is 4. The molecule has 0 saturated carbocycles. The number of nitrogens with one attached hydrogen (secondary N) is 1. The minimum Gasteiger partial charge on any atom is -0.451 e. The monoisotopic (exact) mass is 340 g/mol. The Balaban J connectivity index is 1.73. The first-order chi connectivity index (χ1) is 11.5. The first kappa shape index (κ1) is 17.7. The molecule has 0 bridgehead atoms. The van der Waals surface area contributed by atoms with E-state index in [9.17, 15) is 19.2 Å². The summed E-state index contributed by atoms with van der Waals surface area (Å²) in [7, 11) is 0. The van der Waals surface area contributed by atoms with Crippen LogP contribution in [-0.4, -0.2) is 78.8 Å². The van der Waals surface area contributed by atoms with Crippen LogP contribution in [0.4, 0.5) is 4.79 Å². The fourth-order valence-electron chi connectivity index (χ4n) is 2.28. The summed E-state index contributed by atoms with van der Waals surface area (Å²) < 4.78 is 9.83. The normalized spacial score (nSPS) is 17.7. The molecular formula is C14H20N4O6. The van der Waals surface area contributed by atoms with Crippen LogP contribution in [-0.2, 0) is 23.9 Å². The summed E-state index contributed by atoms with van der Waals surface area (Å²) in [6, 6.07) is 0. The molecule has 0 aromatic heterocycles. The largest absolute Gasteiger partial charge is 0.451 e. The first-order valence-electron chi connectivity index (χ1n) is 7.73. The van der Waals surface area contributed by atoms with Crippen molar-refractivity contribution in [1.29, 1.82) is 0 Å². The molecule has 1 fully saturated rings. The third kappa shape index (κ3) is 4.67. The zero-order valence-electron chi connectivity index (χ0n) is 13.4. The van der Waals surface area contributed by atoms with Gasteiger partial charge in [0.1, 0.15) is 5.71 Å². The number of amides is 3. The Labute approximate surface area is 138 Å². The highest BCUT2D eigenvalue weighted by Crippen LogP contribution is 2.06. The minimum absolute atomic E-state index is 0.0922. The van der Waals surface area contributed by atoms with Gasteiger partial charge in [-0.05, 0) is 6.92 Å². The van der Waals surface area contributed by atoms with Crippen molar-refractivity contribution in [1.82, 2.24) is 15.2 Å². The smallest absolute Gasteiger partial charge is 0.409 e. The number of esters is 1. The standard InChI is InChI=1S/C14H20N4O6/c1-2-23-14(22)18-7-5-17(6-8-18)12(20)9-24-13(21)10-3-4-11(19)16-15-10/h2-9H2,1H3,(H,16,19). The highest BCUT2D eigenvalue weighted by atomic mass is 16.6.